The van der Waals surface area contributed by atoms with Crippen LogP contribution in [0.1, 0.15) is 15.9 Å². The van der Waals surface area contributed by atoms with E-state index in [9.17, 15) is 4.79 Å². The van der Waals surface area contributed by atoms with E-state index >= 15 is 0 Å². The van der Waals surface area contributed by atoms with Gasteiger partial charge >= 0.3 is 0 Å². The summed E-state index contributed by atoms with van der Waals surface area (Å²) in [4.78, 5) is 24.2. The first-order valence-electron chi connectivity index (χ1n) is 10.8. The number of aromatic nitrogens is 7. The van der Waals surface area contributed by atoms with Crippen LogP contribution in [-0.4, -0.2) is 40.4 Å². The van der Waals surface area contributed by atoms with Crippen LogP contribution >= 0.6 is 0 Å². The van der Waals surface area contributed by atoms with Crippen LogP contribution in [-0.2, 0) is 0 Å². The molecule has 0 saturated heterocycles. The van der Waals surface area contributed by atoms with Crippen LogP contribution in [0.3, 0.4) is 0 Å². The highest BCUT2D eigenvalue weighted by Gasteiger charge is 2.10. The number of anilines is 2. The molecule has 0 spiro atoms. The fourth-order valence-electron chi connectivity index (χ4n) is 3.81. The number of fused-ring (bicyclic) bond motifs is 2. The first-order valence-corrected chi connectivity index (χ1v) is 10.8. The Bertz CT molecular complexity index is 1710. The maximum absolute atomic E-state index is 11.1. The number of nitrogens with one attached hydrogen (secondary N) is 1. The lowest BCUT2D eigenvalue weighted by molar-refractivity contribution is 0.112. The fourth-order valence-corrected chi connectivity index (χ4v) is 3.81. The minimum absolute atomic E-state index is 0.436. The molecule has 4 aromatic heterocycles. The van der Waals surface area contributed by atoms with E-state index in [1.165, 1.54) is 6.33 Å². The highest BCUT2D eigenvalue weighted by atomic mass is 16.5. The molecule has 0 amide bonds. The Balaban J connectivity index is 1.28. The van der Waals surface area contributed by atoms with E-state index in [4.69, 9.17) is 4.74 Å². The van der Waals surface area contributed by atoms with Crippen LogP contribution in [0.4, 0.5) is 11.5 Å². The van der Waals surface area contributed by atoms with Gasteiger partial charge in [-0.05, 0) is 55.0 Å². The molecule has 2 aromatic carbocycles. The molecule has 10 heteroatoms. The summed E-state index contributed by atoms with van der Waals surface area (Å²) in [5.74, 6) is 1.79. The molecule has 6 rings (SSSR count). The van der Waals surface area contributed by atoms with Gasteiger partial charge in [-0.25, -0.2) is 15.0 Å². The number of nitrogens with zero attached hydrogens (tertiary/aromatic N) is 7. The van der Waals surface area contributed by atoms with Gasteiger partial charge in [-0.3, -0.25) is 9.20 Å². The molecule has 0 radical (unpaired) electrons. The third kappa shape index (κ3) is 3.93. The summed E-state index contributed by atoms with van der Waals surface area (Å²) in [5.41, 5.74) is 4.75. The maximum atomic E-state index is 11.1. The largest absolute Gasteiger partial charge is 0.439 e. The van der Waals surface area contributed by atoms with Crippen LogP contribution < -0.4 is 10.1 Å². The lowest BCUT2D eigenvalue weighted by atomic mass is 10.1. The molecule has 6 aromatic rings. The topological polar surface area (TPSA) is 112 Å². The number of aldehydes is 1. The lowest BCUT2D eigenvalue weighted by Gasteiger charge is -2.13. The number of hydrogen-bond acceptors (Lipinski definition) is 8. The predicted octanol–water partition coefficient (Wildman–Crippen LogP) is 4.52. The molecule has 0 atom stereocenters. The molecule has 0 fully saturated rings. The van der Waals surface area contributed by atoms with E-state index in [1.807, 2.05) is 54.1 Å². The smallest absolute Gasteiger partial charge is 0.224 e. The van der Waals surface area contributed by atoms with Gasteiger partial charge in [0.2, 0.25) is 5.88 Å². The molecule has 170 valence electrons. The zero-order valence-corrected chi connectivity index (χ0v) is 18.5. The van der Waals surface area contributed by atoms with Crippen molar-refractivity contribution in [2.75, 3.05) is 5.32 Å². The molecular formula is C25H18N8O2. The molecule has 0 unspecified atom stereocenters. The highest BCUT2D eigenvalue weighted by molar-refractivity contribution is 5.92. The van der Waals surface area contributed by atoms with Crippen molar-refractivity contribution in [3.8, 4) is 17.3 Å². The first kappa shape index (κ1) is 20.5. The van der Waals surface area contributed by atoms with Crippen molar-refractivity contribution in [2.45, 2.75) is 6.92 Å². The SMILES string of the molecule is Cc1cc(Nc2ncnc3ccc(-n4ccc(C=O)c4)cc23)ccc1Oc1cc2nncn2cn1. The summed E-state index contributed by atoms with van der Waals surface area (Å²) >= 11 is 0. The van der Waals surface area contributed by atoms with Gasteiger partial charge in [-0.15, -0.1) is 10.2 Å². The number of hydrogen-bond donors (Lipinski definition) is 1. The number of rotatable bonds is 6. The number of ether oxygens (including phenoxy) is 1. The second-order valence-corrected chi connectivity index (χ2v) is 7.92. The predicted molar refractivity (Wildman–Crippen MR) is 130 cm³/mol. The summed E-state index contributed by atoms with van der Waals surface area (Å²) in [5, 5.41) is 12.1. The highest BCUT2D eigenvalue weighted by Crippen LogP contribution is 2.30. The van der Waals surface area contributed by atoms with Crippen molar-refractivity contribution in [3.05, 3.63) is 91.0 Å². The Labute approximate surface area is 198 Å². The standard InChI is InChI=1S/C25H18N8O2/c1-16-8-18(2-5-22(16)35-24-10-23-31-29-15-33(23)14-28-24)30-25-20-9-19(3-4-21(20)26-13-27-25)32-7-6-17(11-32)12-34/h2-15H,1H3,(H,26,27,30). The Morgan fingerprint density at radius 3 is 2.80 bits per heavy atom. The van der Waals surface area contributed by atoms with Gasteiger partial charge in [0.25, 0.3) is 0 Å². The van der Waals surface area contributed by atoms with Gasteiger partial charge in [0.15, 0.2) is 11.9 Å². The Hall–Kier alpha value is -5.12. The molecular weight excluding hydrogens is 444 g/mol. The van der Waals surface area contributed by atoms with E-state index in [0.717, 1.165) is 34.1 Å². The molecule has 0 saturated carbocycles. The van der Waals surface area contributed by atoms with E-state index in [-0.39, 0.29) is 0 Å². The van der Waals surface area contributed by atoms with Gasteiger partial charge in [0.05, 0.1) is 5.52 Å². The molecule has 1 N–H and O–H groups in total. The molecule has 0 aliphatic carbocycles. The Kier molecular flexibility index (Phi) is 4.88. The Morgan fingerprint density at radius 2 is 1.94 bits per heavy atom. The van der Waals surface area contributed by atoms with Crippen LogP contribution in [0.5, 0.6) is 11.6 Å². The molecule has 35 heavy (non-hydrogen) atoms. The monoisotopic (exact) mass is 462 g/mol. The second kappa shape index (κ2) is 8.34. The van der Waals surface area contributed by atoms with E-state index in [2.05, 4.69) is 30.5 Å². The van der Waals surface area contributed by atoms with Crippen LogP contribution in [0, 0.1) is 6.92 Å². The number of carbonyl (C=O) groups excluding carboxylic acids is 1. The van der Waals surface area contributed by atoms with Crippen LogP contribution in [0.25, 0.3) is 22.2 Å². The third-order valence-corrected chi connectivity index (χ3v) is 5.58. The van der Waals surface area contributed by atoms with Crippen molar-refractivity contribution in [3.63, 3.8) is 0 Å². The lowest BCUT2D eigenvalue weighted by Crippen LogP contribution is -1.99. The second-order valence-electron chi connectivity index (χ2n) is 7.92. The van der Waals surface area contributed by atoms with E-state index in [1.54, 1.807) is 35.4 Å². The minimum Gasteiger partial charge on any atom is -0.439 e. The van der Waals surface area contributed by atoms with E-state index < -0.39 is 0 Å². The van der Waals surface area contributed by atoms with Gasteiger partial charge in [-0.1, -0.05) is 0 Å². The van der Waals surface area contributed by atoms with Gasteiger partial charge < -0.3 is 14.6 Å². The normalized spacial score (nSPS) is 11.1. The van der Waals surface area contributed by atoms with Crippen molar-refractivity contribution >= 4 is 34.3 Å². The minimum atomic E-state index is 0.436. The van der Waals surface area contributed by atoms with Crippen LogP contribution in [0.15, 0.2) is 79.9 Å². The summed E-state index contributed by atoms with van der Waals surface area (Å²) in [7, 11) is 0. The van der Waals surface area contributed by atoms with Gasteiger partial charge in [0.1, 0.15) is 30.5 Å². The Morgan fingerprint density at radius 1 is 1.00 bits per heavy atom. The fraction of sp³-hybridized carbons (Fsp3) is 0.0400. The number of aryl methyl sites for hydroxylation is 1. The first-order chi connectivity index (χ1) is 17.2. The van der Waals surface area contributed by atoms with Gasteiger partial charge in [-0.2, -0.15) is 0 Å². The number of carbonyl (C=O) groups is 1. The van der Waals surface area contributed by atoms with E-state index in [0.29, 0.717) is 28.7 Å². The summed E-state index contributed by atoms with van der Waals surface area (Å²) in [6.45, 7) is 1.96. The van der Waals surface area contributed by atoms with Crippen molar-refractivity contribution in [2.24, 2.45) is 0 Å². The van der Waals surface area contributed by atoms with Crippen LogP contribution in [0.2, 0.25) is 0 Å². The summed E-state index contributed by atoms with van der Waals surface area (Å²) in [6, 6.07) is 15.1. The molecule has 0 aliphatic rings. The zero-order valence-electron chi connectivity index (χ0n) is 18.5. The van der Waals surface area contributed by atoms with Gasteiger partial charge in [0, 0.05) is 40.8 Å². The number of benzene rings is 2. The van der Waals surface area contributed by atoms with Crippen molar-refractivity contribution in [1.29, 1.82) is 0 Å². The average Bonchev–Trinajstić information content (AvgIpc) is 3.55. The van der Waals surface area contributed by atoms with Crippen molar-refractivity contribution in [1.82, 2.24) is 34.1 Å². The molecule has 0 aliphatic heterocycles. The average molecular weight is 462 g/mol. The summed E-state index contributed by atoms with van der Waals surface area (Å²) < 4.78 is 9.56. The third-order valence-electron chi connectivity index (χ3n) is 5.58. The summed E-state index contributed by atoms with van der Waals surface area (Å²) in [6.07, 6.45) is 9.17. The zero-order chi connectivity index (χ0) is 23.8. The quantitative estimate of drug-likeness (QED) is 0.360. The maximum Gasteiger partial charge on any atom is 0.224 e. The molecule has 4 heterocycles. The van der Waals surface area contributed by atoms with Crippen molar-refractivity contribution < 1.29 is 9.53 Å². The molecule has 0 bridgehead atoms. The molecule has 10 nitrogen and oxygen atoms in total.